The summed E-state index contributed by atoms with van der Waals surface area (Å²) in [5.41, 5.74) is 5.28. The number of benzene rings is 4. The van der Waals surface area contributed by atoms with Crippen LogP contribution in [0.5, 0.6) is 0 Å². The zero-order valence-corrected chi connectivity index (χ0v) is 18.3. The summed E-state index contributed by atoms with van der Waals surface area (Å²) in [4.78, 5) is 14.4. The molecule has 3 heteroatoms. The van der Waals surface area contributed by atoms with Crippen molar-refractivity contribution >= 4 is 17.7 Å². The first-order valence-corrected chi connectivity index (χ1v) is 11.4. The minimum Gasteiger partial charge on any atom is -0.341 e. The van der Waals surface area contributed by atoms with E-state index in [9.17, 15) is 4.79 Å². The van der Waals surface area contributed by atoms with Crippen LogP contribution in [-0.4, -0.2) is 5.91 Å². The van der Waals surface area contributed by atoms with Gasteiger partial charge in [0.25, 0.3) is 5.91 Å². The SMILES string of the molecule is Cc1ccccc1C(NC(=O)c1ccccc1SCc1ccccc1)c1ccccc1. The Morgan fingerprint density at radius 2 is 1.39 bits per heavy atom. The van der Waals surface area contributed by atoms with Gasteiger partial charge in [0, 0.05) is 10.6 Å². The lowest BCUT2D eigenvalue weighted by molar-refractivity contribution is 0.0940. The fourth-order valence-electron chi connectivity index (χ4n) is 3.62. The predicted octanol–water partition coefficient (Wildman–Crippen LogP) is 6.81. The molecule has 0 spiro atoms. The molecule has 0 bridgehead atoms. The van der Waals surface area contributed by atoms with Gasteiger partial charge in [0.15, 0.2) is 0 Å². The molecule has 31 heavy (non-hydrogen) atoms. The maximum absolute atomic E-state index is 13.4. The van der Waals surface area contributed by atoms with Crippen LogP contribution in [0.4, 0.5) is 0 Å². The molecule has 4 aromatic carbocycles. The van der Waals surface area contributed by atoms with E-state index in [4.69, 9.17) is 0 Å². The maximum Gasteiger partial charge on any atom is 0.253 e. The average molecular weight is 424 g/mol. The van der Waals surface area contributed by atoms with Crippen molar-refractivity contribution in [2.45, 2.75) is 23.6 Å². The van der Waals surface area contributed by atoms with Gasteiger partial charge in [-0.2, -0.15) is 0 Å². The van der Waals surface area contributed by atoms with E-state index in [1.165, 1.54) is 5.56 Å². The molecule has 0 aliphatic heterocycles. The summed E-state index contributed by atoms with van der Waals surface area (Å²) in [5.74, 6) is 0.763. The number of hydrogen-bond donors (Lipinski definition) is 1. The highest BCUT2D eigenvalue weighted by Crippen LogP contribution is 2.29. The molecule has 1 N–H and O–H groups in total. The fourth-order valence-corrected chi connectivity index (χ4v) is 4.63. The van der Waals surface area contributed by atoms with Crippen LogP contribution < -0.4 is 5.32 Å². The molecule has 0 radical (unpaired) electrons. The summed E-state index contributed by atoms with van der Waals surface area (Å²) >= 11 is 1.69. The van der Waals surface area contributed by atoms with E-state index in [0.29, 0.717) is 5.56 Å². The van der Waals surface area contributed by atoms with Gasteiger partial charge in [-0.1, -0.05) is 97.1 Å². The van der Waals surface area contributed by atoms with Crippen molar-refractivity contribution in [1.82, 2.24) is 5.32 Å². The molecule has 154 valence electrons. The van der Waals surface area contributed by atoms with E-state index in [1.54, 1.807) is 11.8 Å². The van der Waals surface area contributed by atoms with Crippen LogP contribution in [0.25, 0.3) is 0 Å². The third-order valence-corrected chi connectivity index (χ3v) is 6.42. The van der Waals surface area contributed by atoms with Crippen LogP contribution in [0, 0.1) is 6.92 Å². The molecule has 0 saturated carbocycles. The number of carbonyl (C=O) groups excluding carboxylic acids is 1. The highest BCUT2D eigenvalue weighted by atomic mass is 32.2. The van der Waals surface area contributed by atoms with E-state index in [-0.39, 0.29) is 11.9 Å². The Hall–Kier alpha value is -3.30. The van der Waals surface area contributed by atoms with Crippen molar-refractivity contribution in [2.24, 2.45) is 0 Å². The largest absolute Gasteiger partial charge is 0.341 e. The van der Waals surface area contributed by atoms with Crippen LogP contribution >= 0.6 is 11.8 Å². The highest BCUT2D eigenvalue weighted by molar-refractivity contribution is 7.98. The second-order valence-electron chi connectivity index (χ2n) is 7.44. The molecular formula is C28H25NOS. The molecule has 0 saturated heterocycles. The summed E-state index contributed by atoms with van der Waals surface area (Å²) in [6.45, 7) is 2.08. The third-order valence-electron chi connectivity index (χ3n) is 5.28. The summed E-state index contributed by atoms with van der Waals surface area (Å²) in [6, 6.07) is 36.3. The number of nitrogens with one attached hydrogen (secondary N) is 1. The van der Waals surface area contributed by atoms with Crippen LogP contribution in [-0.2, 0) is 5.75 Å². The van der Waals surface area contributed by atoms with Crippen LogP contribution in [0.15, 0.2) is 114 Å². The van der Waals surface area contributed by atoms with Crippen molar-refractivity contribution in [3.05, 3.63) is 137 Å². The van der Waals surface area contributed by atoms with E-state index in [1.807, 2.05) is 72.8 Å². The van der Waals surface area contributed by atoms with E-state index < -0.39 is 0 Å². The number of aryl methyl sites for hydroxylation is 1. The molecule has 1 unspecified atom stereocenters. The number of thioether (sulfide) groups is 1. The topological polar surface area (TPSA) is 29.1 Å². The molecule has 1 amide bonds. The van der Waals surface area contributed by atoms with Gasteiger partial charge < -0.3 is 5.32 Å². The summed E-state index contributed by atoms with van der Waals surface area (Å²) in [7, 11) is 0. The molecule has 4 aromatic rings. The first kappa shape index (κ1) is 21.0. The Bertz CT molecular complexity index is 1140. The third kappa shape index (κ3) is 5.25. The van der Waals surface area contributed by atoms with Gasteiger partial charge in [-0.25, -0.2) is 0 Å². The lowest BCUT2D eigenvalue weighted by Crippen LogP contribution is -2.30. The van der Waals surface area contributed by atoms with E-state index >= 15 is 0 Å². The average Bonchev–Trinajstić information content (AvgIpc) is 2.83. The number of carbonyl (C=O) groups is 1. The molecule has 2 nitrogen and oxygen atoms in total. The summed E-state index contributed by atoms with van der Waals surface area (Å²) in [6.07, 6.45) is 0. The number of amides is 1. The molecular weight excluding hydrogens is 398 g/mol. The zero-order valence-electron chi connectivity index (χ0n) is 17.5. The van der Waals surface area contributed by atoms with Gasteiger partial charge >= 0.3 is 0 Å². The number of rotatable bonds is 7. The Labute approximate surface area is 188 Å². The predicted molar refractivity (Wildman–Crippen MR) is 129 cm³/mol. The molecule has 4 rings (SSSR count). The molecule has 0 heterocycles. The molecule has 1 atom stereocenters. The summed E-state index contributed by atoms with van der Waals surface area (Å²) in [5, 5.41) is 3.29. The normalized spacial score (nSPS) is 11.6. The molecule has 0 aliphatic rings. The first-order chi connectivity index (χ1) is 15.2. The second-order valence-corrected chi connectivity index (χ2v) is 8.46. The molecule has 0 fully saturated rings. The first-order valence-electron chi connectivity index (χ1n) is 10.4. The fraction of sp³-hybridized carbons (Fsp3) is 0.107. The lowest BCUT2D eigenvalue weighted by atomic mass is 9.94. The van der Waals surface area contributed by atoms with Crippen LogP contribution in [0.1, 0.15) is 38.7 Å². The van der Waals surface area contributed by atoms with E-state index in [2.05, 4.69) is 48.6 Å². The Balaban J connectivity index is 1.60. The molecule has 0 aliphatic carbocycles. The Morgan fingerprint density at radius 3 is 2.13 bits per heavy atom. The Kier molecular flexibility index (Phi) is 6.85. The summed E-state index contributed by atoms with van der Waals surface area (Å²) < 4.78 is 0. The minimum atomic E-state index is -0.206. The van der Waals surface area contributed by atoms with Gasteiger partial charge in [-0.3, -0.25) is 4.79 Å². The van der Waals surface area contributed by atoms with Crippen LogP contribution in [0.3, 0.4) is 0 Å². The van der Waals surface area contributed by atoms with Crippen LogP contribution in [0.2, 0.25) is 0 Å². The second kappa shape index (κ2) is 10.1. The van der Waals surface area contributed by atoms with Gasteiger partial charge in [0.1, 0.15) is 0 Å². The highest BCUT2D eigenvalue weighted by Gasteiger charge is 2.20. The van der Waals surface area contributed by atoms with Gasteiger partial charge in [-0.15, -0.1) is 11.8 Å². The van der Waals surface area contributed by atoms with E-state index in [0.717, 1.165) is 27.3 Å². The van der Waals surface area contributed by atoms with Gasteiger partial charge in [-0.05, 0) is 41.3 Å². The molecule has 0 aromatic heterocycles. The maximum atomic E-state index is 13.4. The monoisotopic (exact) mass is 423 g/mol. The van der Waals surface area contributed by atoms with Crippen molar-refractivity contribution in [3.8, 4) is 0 Å². The zero-order chi connectivity index (χ0) is 21.5. The van der Waals surface area contributed by atoms with Crippen molar-refractivity contribution in [1.29, 1.82) is 0 Å². The van der Waals surface area contributed by atoms with Crippen molar-refractivity contribution in [2.75, 3.05) is 0 Å². The van der Waals surface area contributed by atoms with Gasteiger partial charge in [0.05, 0.1) is 11.6 Å². The lowest BCUT2D eigenvalue weighted by Gasteiger charge is -2.22. The standard InChI is InChI=1S/C28H25NOS/c1-21-12-8-9-17-24(21)27(23-15-6-3-7-16-23)29-28(30)25-18-10-11-19-26(25)31-20-22-13-4-2-5-14-22/h2-19,27H,20H2,1H3,(H,29,30). The number of hydrogen-bond acceptors (Lipinski definition) is 2. The minimum absolute atomic E-state index is 0.0618. The van der Waals surface area contributed by atoms with Crippen molar-refractivity contribution < 1.29 is 4.79 Å². The van der Waals surface area contributed by atoms with Crippen molar-refractivity contribution in [3.63, 3.8) is 0 Å². The smallest absolute Gasteiger partial charge is 0.253 e. The quantitative estimate of drug-likeness (QED) is 0.331. The Morgan fingerprint density at radius 1 is 0.774 bits per heavy atom. The van der Waals surface area contributed by atoms with Gasteiger partial charge in [0.2, 0.25) is 0 Å².